The van der Waals surface area contributed by atoms with Crippen molar-refractivity contribution in [2.24, 2.45) is 5.92 Å². The molecule has 0 amide bonds. The first kappa shape index (κ1) is 16.5. The van der Waals surface area contributed by atoms with Gasteiger partial charge in [0, 0.05) is 0 Å². The second-order valence-electron chi connectivity index (χ2n) is 8.87. The van der Waals surface area contributed by atoms with Crippen molar-refractivity contribution in [1.29, 1.82) is 0 Å². The molecule has 0 radical (unpaired) electrons. The summed E-state index contributed by atoms with van der Waals surface area (Å²) in [5.74, 6) is 1.07. The van der Waals surface area contributed by atoms with Crippen LogP contribution >= 0.6 is 0 Å². The summed E-state index contributed by atoms with van der Waals surface area (Å²) in [5, 5.41) is 0.548. The fourth-order valence-electron chi connectivity index (χ4n) is 4.66. The molecule has 0 nitrogen and oxygen atoms in total. The summed E-state index contributed by atoms with van der Waals surface area (Å²) in [7, 11) is 0. The lowest BCUT2D eigenvalue weighted by Crippen LogP contribution is -2.30. The van der Waals surface area contributed by atoms with Crippen molar-refractivity contribution < 1.29 is 0 Å². The highest BCUT2D eigenvalue weighted by molar-refractivity contribution is 6.62. The molecule has 0 N–H and O–H groups in total. The molecular formula is C18H36B2. The van der Waals surface area contributed by atoms with Crippen LogP contribution in [0.5, 0.6) is 0 Å². The molecule has 2 rings (SSSR count). The second kappa shape index (κ2) is 7.95. The van der Waals surface area contributed by atoms with Crippen molar-refractivity contribution in [3.8, 4) is 0 Å². The van der Waals surface area contributed by atoms with Crippen LogP contribution in [-0.4, -0.2) is 13.4 Å². The van der Waals surface area contributed by atoms with Crippen LogP contribution in [0, 0.1) is 5.92 Å². The van der Waals surface area contributed by atoms with Gasteiger partial charge in [0.1, 0.15) is 13.4 Å². The smallest absolute Gasteiger partial charge is 0.0741 e. The number of hydrogen-bond acceptors (Lipinski definition) is 0. The van der Waals surface area contributed by atoms with Gasteiger partial charge in [-0.3, -0.25) is 0 Å². The molecule has 0 aromatic carbocycles. The standard InChI is InChI=1S/C18H36B2/c1-18(2,3)20-15-10-17(11-16-20)9-5-8-14-19-12-6-4-7-13-19/h17H,4-16H2,1-3H3. The van der Waals surface area contributed by atoms with Gasteiger partial charge in [-0.1, -0.05) is 109 Å². The molecular weight excluding hydrogens is 238 g/mol. The van der Waals surface area contributed by atoms with E-state index in [0.29, 0.717) is 5.31 Å². The molecule has 20 heavy (non-hydrogen) atoms. The van der Waals surface area contributed by atoms with E-state index in [1.165, 1.54) is 83.0 Å². The van der Waals surface area contributed by atoms with E-state index < -0.39 is 0 Å². The third kappa shape index (κ3) is 5.49. The summed E-state index contributed by atoms with van der Waals surface area (Å²) in [5.41, 5.74) is 0. The van der Waals surface area contributed by atoms with Crippen LogP contribution in [0.3, 0.4) is 0 Å². The third-order valence-corrected chi connectivity index (χ3v) is 6.27. The molecule has 0 bridgehead atoms. The van der Waals surface area contributed by atoms with Crippen LogP contribution in [0.2, 0.25) is 36.9 Å². The first-order chi connectivity index (χ1) is 9.55. The quantitative estimate of drug-likeness (QED) is 0.394. The normalized spacial score (nSPS) is 22.4. The molecule has 0 aliphatic carbocycles. The Morgan fingerprint density at radius 1 is 0.850 bits per heavy atom. The van der Waals surface area contributed by atoms with Gasteiger partial charge in [-0.25, -0.2) is 0 Å². The van der Waals surface area contributed by atoms with Crippen LogP contribution in [0.15, 0.2) is 0 Å². The molecule has 0 aromatic heterocycles. The number of unbranched alkanes of at least 4 members (excludes halogenated alkanes) is 1. The Hall–Kier alpha value is 0.130. The van der Waals surface area contributed by atoms with Crippen molar-refractivity contribution in [2.45, 2.75) is 109 Å². The van der Waals surface area contributed by atoms with Gasteiger partial charge in [0.15, 0.2) is 0 Å². The summed E-state index contributed by atoms with van der Waals surface area (Å²) in [6.45, 7) is 9.38. The minimum atomic E-state index is 0.548. The molecule has 0 unspecified atom stereocenters. The number of rotatable bonds is 5. The second-order valence-corrected chi connectivity index (χ2v) is 8.87. The fraction of sp³-hybridized carbons (Fsp3) is 1.00. The van der Waals surface area contributed by atoms with Crippen molar-refractivity contribution in [2.75, 3.05) is 0 Å². The van der Waals surface area contributed by atoms with E-state index >= 15 is 0 Å². The Bertz CT molecular complexity index is 255. The van der Waals surface area contributed by atoms with Gasteiger partial charge in [0.2, 0.25) is 0 Å². The molecule has 0 spiro atoms. The molecule has 2 heteroatoms. The van der Waals surface area contributed by atoms with Crippen LogP contribution in [0.1, 0.15) is 72.1 Å². The number of hydrogen-bond donors (Lipinski definition) is 0. The Labute approximate surface area is 129 Å². The zero-order valence-electron chi connectivity index (χ0n) is 14.4. The fourth-order valence-corrected chi connectivity index (χ4v) is 4.66. The van der Waals surface area contributed by atoms with Gasteiger partial charge in [-0.2, -0.15) is 0 Å². The SMILES string of the molecule is CC(C)(C)B1CCC(CCCCB2CCCCC2)CC1. The Balaban J connectivity index is 1.53. The average Bonchev–Trinajstić information content (AvgIpc) is 2.44. The highest BCUT2D eigenvalue weighted by atomic mass is 14.2. The molecule has 2 heterocycles. The maximum absolute atomic E-state index is 2.43. The summed E-state index contributed by atoms with van der Waals surface area (Å²) in [6, 6.07) is 0. The predicted molar refractivity (Wildman–Crippen MR) is 95.7 cm³/mol. The summed E-state index contributed by atoms with van der Waals surface area (Å²) < 4.78 is 0. The van der Waals surface area contributed by atoms with Crippen LogP contribution < -0.4 is 0 Å². The minimum absolute atomic E-state index is 0.548. The lowest BCUT2D eigenvalue weighted by molar-refractivity contribution is 0.416. The van der Waals surface area contributed by atoms with Crippen molar-refractivity contribution in [3.05, 3.63) is 0 Å². The van der Waals surface area contributed by atoms with E-state index in [-0.39, 0.29) is 0 Å². The van der Waals surface area contributed by atoms with Crippen molar-refractivity contribution in [3.63, 3.8) is 0 Å². The predicted octanol–water partition coefficient (Wildman–Crippen LogP) is 6.54. The molecule has 2 saturated heterocycles. The van der Waals surface area contributed by atoms with Gasteiger partial charge in [-0.15, -0.1) is 0 Å². The van der Waals surface area contributed by atoms with Gasteiger partial charge >= 0.3 is 0 Å². The molecule has 114 valence electrons. The Kier molecular flexibility index (Phi) is 6.56. The topological polar surface area (TPSA) is 0 Å². The van der Waals surface area contributed by atoms with Gasteiger partial charge in [-0.05, 0) is 5.92 Å². The summed E-state index contributed by atoms with van der Waals surface area (Å²) in [6.07, 6.45) is 19.8. The van der Waals surface area contributed by atoms with E-state index in [9.17, 15) is 0 Å². The van der Waals surface area contributed by atoms with Crippen LogP contribution in [-0.2, 0) is 0 Å². The van der Waals surface area contributed by atoms with E-state index in [4.69, 9.17) is 0 Å². The Morgan fingerprint density at radius 3 is 2.10 bits per heavy atom. The molecule has 2 aliphatic heterocycles. The van der Waals surface area contributed by atoms with Crippen molar-refractivity contribution in [1.82, 2.24) is 0 Å². The highest BCUT2D eigenvalue weighted by Gasteiger charge is 2.32. The third-order valence-electron chi connectivity index (χ3n) is 6.27. The van der Waals surface area contributed by atoms with E-state index in [0.717, 1.165) is 19.3 Å². The first-order valence-electron chi connectivity index (χ1n) is 9.55. The van der Waals surface area contributed by atoms with Crippen molar-refractivity contribution >= 4 is 13.4 Å². The molecule has 0 atom stereocenters. The van der Waals surface area contributed by atoms with Crippen LogP contribution in [0.25, 0.3) is 0 Å². The zero-order chi connectivity index (χ0) is 14.4. The largest absolute Gasteiger partial charge is 0.145 e. The molecule has 0 aromatic rings. The lowest BCUT2D eigenvalue weighted by Gasteiger charge is -2.34. The first-order valence-corrected chi connectivity index (χ1v) is 9.55. The van der Waals surface area contributed by atoms with Gasteiger partial charge in [0.05, 0.1) is 0 Å². The van der Waals surface area contributed by atoms with Gasteiger partial charge < -0.3 is 0 Å². The molecule has 2 aliphatic rings. The van der Waals surface area contributed by atoms with Crippen LogP contribution in [0.4, 0.5) is 0 Å². The summed E-state index contributed by atoms with van der Waals surface area (Å²) >= 11 is 0. The molecule has 2 fully saturated rings. The monoisotopic (exact) mass is 274 g/mol. The lowest BCUT2D eigenvalue weighted by atomic mass is 9.28. The molecule has 0 saturated carbocycles. The van der Waals surface area contributed by atoms with E-state index in [1.807, 2.05) is 0 Å². The average molecular weight is 274 g/mol. The maximum Gasteiger partial charge on any atom is 0.145 e. The Morgan fingerprint density at radius 2 is 1.50 bits per heavy atom. The minimum Gasteiger partial charge on any atom is -0.0741 e. The summed E-state index contributed by atoms with van der Waals surface area (Å²) in [4.78, 5) is 0. The maximum atomic E-state index is 2.43. The highest BCUT2D eigenvalue weighted by Crippen LogP contribution is 2.40. The van der Waals surface area contributed by atoms with E-state index in [2.05, 4.69) is 20.8 Å². The zero-order valence-corrected chi connectivity index (χ0v) is 14.4. The van der Waals surface area contributed by atoms with E-state index in [1.54, 1.807) is 0 Å². The van der Waals surface area contributed by atoms with Gasteiger partial charge in [0.25, 0.3) is 0 Å².